The predicted octanol–water partition coefficient (Wildman–Crippen LogP) is 3.75. The van der Waals surface area contributed by atoms with Crippen LogP contribution in [0.5, 0.6) is 5.75 Å². The van der Waals surface area contributed by atoms with Crippen LogP contribution in [0.15, 0.2) is 18.2 Å². The first-order valence-electron chi connectivity index (χ1n) is 6.63. The summed E-state index contributed by atoms with van der Waals surface area (Å²) < 4.78 is 5.49. The van der Waals surface area contributed by atoms with Gasteiger partial charge in [-0.05, 0) is 38.0 Å². The van der Waals surface area contributed by atoms with Gasteiger partial charge in [-0.15, -0.1) is 0 Å². The number of rotatable bonds is 5. The Morgan fingerprint density at radius 3 is 2.70 bits per heavy atom. The van der Waals surface area contributed by atoms with Crippen molar-refractivity contribution in [3.63, 3.8) is 0 Å². The third-order valence-corrected chi connectivity index (χ3v) is 3.73. The van der Waals surface area contributed by atoms with Crippen LogP contribution in [-0.4, -0.2) is 18.1 Å². The van der Waals surface area contributed by atoms with Gasteiger partial charge in [0.25, 0.3) is 5.91 Å². The Labute approximate surface area is 128 Å². The van der Waals surface area contributed by atoms with E-state index >= 15 is 0 Å². The molecule has 0 saturated heterocycles. The minimum absolute atomic E-state index is 0.116. The largest absolute Gasteiger partial charge is 0.479 e. The zero-order valence-corrected chi connectivity index (χ0v) is 12.7. The van der Waals surface area contributed by atoms with Gasteiger partial charge in [0.05, 0.1) is 11.1 Å². The van der Waals surface area contributed by atoms with Crippen molar-refractivity contribution in [2.24, 2.45) is 0 Å². The zero-order chi connectivity index (χ0) is 14.5. The van der Waals surface area contributed by atoms with E-state index in [1.165, 1.54) is 0 Å². The van der Waals surface area contributed by atoms with Crippen LogP contribution in [0.4, 0.5) is 0 Å². The maximum atomic E-state index is 11.9. The van der Waals surface area contributed by atoms with Crippen LogP contribution in [0, 0.1) is 0 Å². The van der Waals surface area contributed by atoms with Crippen LogP contribution < -0.4 is 10.2 Å². The lowest BCUT2D eigenvalue weighted by atomic mass is 10.3. The van der Waals surface area contributed by atoms with Crippen LogP contribution in [0.1, 0.15) is 32.6 Å². The fourth-order valence-corrected chi connectivity index (χ4v) is 2.50. The number of nitrogens with one attached hydrogen (secondary N) is 1. The molecule has 1 aliphatic carbocycles. The van der Waals surface area contributed by atoms with Crippen molar-refractivity contribution in [3.8, 4) is 5.75 Å². The number of hydroxylamine groups is 1. The van der Waals surface area contributed by atoms with Crippen molar-refractivity contribution in [3.05, 3.63) is 28.2 Å². The maximum Gasteiger partial charge on any atom is 0.284 e. The molecular weight excluding hydrogens is 301 g/mol. The summed E-state index contributed by atoms with van der Waals surface area (Å²) in [4.78, 5) is 17.2. The molecule has 0 spiro atoms. The number of carbonyl (C=O) groups is 1. The number of ether oxygens (including phenoxy) is 1. The Bertz CT molecular complexity index is 475. The van der Waals surface area contributed by atoms with E-state index in [4.69, 9.17) is 32.8 Å². The van der Waals surface area contributed by atoms with Crippen LogP contribution in [0.25, 0.3) is 0 Å². The van der Waals surface area contributed by atoms with Gasteiger partial charge in [-0.2, -0.15) is 0 Å². The maximum absolute atomic E-state index is 11.9. The number of carbonyl (C=O) groups excluding carboxylic acids is 1. The van der Waals surface area contributed by atoms with Crippen molar-refractivity contribution in [1.29, 1.82) is 0 Å². The van der Waals surface area contributed by atoms with Crippen molar-refractivity contribution >= 4 is 29.1 Å². The fraction of sp³-hybridized carbons (Fsp3) is 0.500. The summed E-state index contributed by atoms with van der Waals surface area (Å²) in [6, 6.07) is 4.85. The molecule has 1 unspecified atom stereocenters. The van der Waals surface area contributed by atoms with E-state index in [0.29, 0.717) is 15.8 Å². The molecule has 1 atom stereocenters. The molecular formula is C14H17Cl2NO3. The molecule has 4 nitrogen and oxygen atoms in total. The minimum atomic E-state index is -0.699. The van der Waals surface area contributed by atoms with Gasteiger partial charge in [-0.1, -0.05) is 36.0 Å². The highest BCUT2D eigenvalue weighted by molar-refractivity contribution is 6.35. The van der Waals surface area contributed by atoms with Gasteiger partial charge in [-0.3, -0.25) is 9.63 Å². The van der Waals surface area contributed by atoms with E-state index in [0.717, 1.165) is 25.7 Å². The quantitative estimate of drug-likeness (QED) is 0.841. The number of benzene rings is 1. The average molecular weight is 318 g/mol. The molecule has 1 amide bonds. The SMILES string of the molecule is CC(Oc1ccc(Cl)cc1Cl)C(=O)NOC1CCCC1. The van der Waals surface area contributed by atoms with E-state index in [1.54, 1.807) is 25.1 Å². The monoisotopic (exact) mass is 317 g/mol. The predicted molar refractivity (Wildman–Crippen MR) is 78.0 cm³/mol. The molecule has 1 fully saturated rings. The molecule has 0 heterocycles. The molecule has 20 heavy (non-hydrogen) atoms. The first kappa shape index (κ1) is 15.4. The summed E-state index contributed by atoms with van der Waals surface area (Å²) in [5, 5.41) is 0.887. The lowest BCUT2D eigenvalue weighted by Gasteiger charge is -2.17. The Morgan fingerprint density at radius 2 is 2.05 bits per heavy atom. The molecule has 1 aromatic rings. The lowest BCUT2D eigenvalue weighted by molar-refractivity contribution is -0.144. The highest BCUT2D eigenvalue weighted by Gasteiger charge is 2.20. The van der Waals surface area contributed by atoms with E-state index in [1.807, 2.05) is 0 Å². The first-order chi connectivity index (χ1) is 9.56. The van der Waals surface area contributed by atoms with Crippen LogP contribution in [0.3, 0.4) is 0 Å². The first-order valence-corrected chi connectivity index (χ1v) is 7.39. The standard InChI is InChI=1S/C14H17Cl2NO3/c1-9(14(18)17-20-11-4-2-3-5-11)19-13-7-6-10(15)8-12(13)16/h6-9,11H,2-5H2,1H3,(H,17,18). The Balaban J connectivity index is 1.83. The minimum Gasteiger partial charge on any atom is -0.479 e. The average Bonchev–Trinajstić information content (AvgIpc) is 2.92. The van der Waals surface area contributed by atoms with E-state index in [-0.39, 0.29) is 12.0 Å². The molecule has 1 aromatic carbocycles. The fourth-order valence-electron chi connectivity index (χ4n) is 2.05. The van der Waals surface area contributed by atoms with Gasteiger partial charge in [0, 0.05) is 5.02 Å². The number of hydrogen-bond acceptors (Lipinski definition) is 3. The third kappa shape index (κ3) is 4.27. The smallest absolute Gasteiger partial charge is 0.284 e. The van der Waals surface area contributed by atoms with Crippen LogP contribution in [0.2, 0.25) is 10.0 Å². The molecule has 1 N–H and O–H groups in total. The number of amides is 1. The van der Waals surface area contributed by atoms with Crippen molar-refractivity contribution in [1.82, 2.24) is 5.48 Å². The number of hydrogen-bond donors (Lipinski definition) is 1. The Morgan fingerprint density at radius 1 is 1.35 bits per heavy atom. The molecule has 0 radical (unpaired) electrons. The molecule has 6 heteroatoms. The second kappa shape index (κ2) is 7.16. The van der Waals surface area contributed by atoms with E-state index in [9.17, 15) is 4.79 Å². The van der Waals surface area contributed by atoms with Crippen molar-refractivity contribution in [2.45, 2.75) is 44.8 Å². The second-order valence-electron chi connectivity index (χ2n) is 4.83. The molecule has 110 valence electrons. The second-order valence-corrected chi connectivity index (χ2v) is 5.67. The summed E-state index contributed by atoms with van der Waals surface area (Å²) in [6.45, 7) is 1.64. The topological polar surface area (TPSA) is 47.6 Å². The molecule has 0 bridgehead atoms. The van der Waals surface area contributed by atoms with Gasteiger partial charge < -0.3 is 4.74 Å². The molecule has 0 aromatic heterocycles. The summed E-state index contributed by atoms with van der Waals surface area (Å²) in [6.07, 6.45) is 3.68. The van der Waals surface area contributed by atoms with E-state index in [2.05, 4.69) is 5.48 Å². The Hall–Kier alpha value is -0.970. The van der Waals surface area contributed by atoms with Gasteiger partial charge in [-0.25, -0.2) is 5.48 Å². The summed E-state index contributed by atoms with van der Waals surface area (Å²) in [7, 11) is 0. The van der Waals surface area contributed by atoms with Crippen LogP contribution >= 0.6 is 23.2 Å². The van der Waals surface area contributed by atoms with E-state index < -0.39 is 6.10 Å². The highest BCUT2D eigenvalue weighted by Crippen LogP contribution is 2.28. The summed E-state index contributed by atoms with van der Waals surface area (Å²) in [5.74, 6) is 0.0856. The van der Waals surface area contributed by atoms with Gasteiger partial charge in [0.1, 0.15) is 5.75 Å². The van der Waals surface area contributed by atoms with Crippen LogP contribution in [-0.2, 0) is 9.63 Å². The van der Waals surface area contributed by atoms with Gasteiger partial charge in [0.2, 0.25) is 0 Å². The molecule has 1 aliphatic rings. The molecule has 2 rings (SSSR count). The lowest BCUT2D eigenvalue weighted by Crippen LogP contribution is -2.38. The molecule has 0 aliphatic heterocycles. The normalized spacial score (nSPS) is 16.9. The van der Waals surface area contributed by atoms with Gasteiger partial charge >= 0.3 is 0 Å². The summed E-state index contributed by atoms with van der Waals surface area (Å²) in [5.41, 5.74) is 2.44. The zero-order valence-electron chi connectivity index (χ0n) is 11.2. The van der Waals surface area contributed by atoms with Crippen molar-refractivity contribution < 1.29 is 14.4 Å². The third-order valence-electron chi connectivity index (χ3n) is 3.20. The number of halogens is 2. The molecule has 1 saturated carbocycles. The van der Waals surface area contributed by atoms with Crippen molar-refractivity contribution in [2.75, 3.05) is 0 Å². The Kier molecular flexibility index (Phi) is 5.52. The summed E-state index contributed by atoms with van der Waals surface area (Å²) >= 11 is 11.8. The van der Waals surface area contributed by atoms with Gasteiger partial charge in [0.15, 0.2) is 6.10 Å². The highest BCUT2D eigenvalue weighted by atomic mass is 35.5.